The number of likely N-dealkylation sites (N-methyl/N-ethyl adjacent to an activating group) is 1. The molecule has 0 unspecified atom stereocenters. The van der Waals surface area contributed by atoms with E-state index in [9.17, 15) is 13.5 Å². The van der Waals surface area contributed by atoms with E-state index in [0.29, 0.717) is 18.0 Å². The van der Waals surface area contributed by atoms with E-state index < -0.39 is 10.0 Å². The van der Waals surface area contributed by atoms with Gasteiger partial charge in [0, 0.05) is 24.5 Å². The van der Waals surface area contributed by atoms with Gasteiger partial charge in [0.2, 0.25) is 10.0 Å². The third-order valence-electron chi connectivity index (χ3n) is 6.09. The van der Waals surface area contributed by atoms with Crippen molar-refractivity contribution in [2.45, 2.75) is 44.0 Å². The topological polar surface area (TPSA) is 60.9 Å². The zero-order chi connectivity index (χ0) is 17.5. The Hall–Kier alpha value is -0.950. The molecule has 24 heavy (non-hydrogen) atoms. The lowest BCUT2D eigenvalue weighted by atomic mass is 9.69. The Morgan fingerprint density at radius 3 is 2.62 bits per heavy atom. The van der Waals surface area contributed by atoms with Gasteiger partial charge in [-0.3, -0.25) is 0 Å². The predicted octanol–water partition coefficient (Wildman–Crippen LogP) is 1.77. The van der Waals surface area contributed by atoms with Crippen LogP contribution in [0.3, 0.4) is 0 Å². The molecule has 2 fully saturated rings. The maximum absolute atomic E-state index is 13.1. The summed E-state index contributed by atoms with van der Waals surface area (Å²) >= 11 is 0. The summed E-state index contributed by atoms with van der Waals surface area (Å²) in [5.41, 5.74) is 1.94. The lowest BCUT2D eigenvalue weighted by molar-refractivity contribution is -0.0508. The summed E-state index contributed by atoms with van der Waals surface area (Å²) in [6.45, 7) is 5.98. The monoisotopic (exact) mass is 352 g/mol. The smallest absolute Gasteiger partial charge is 0.243 e. The number of hydrogen-bond acceptors (Lipinski definition) is 4. The highest BCUT2D eigenvalue weighted by Gasteiger charge is 2.48. The van der Waals surface area contributed by atoms with Gasteiger partial charge in [0.25, 0.3) is 0 Å². The lowest BCUT2D eigenvalue weighted by Gasteiger charge is -2.53. The van der Waals surface area contributed by atoms with Crippen molar-refractivity contribution in [1.82, 2.24) is 9.21 Å². The molecule has 3 rings (SSSR count). The molecular formula is C18H28N2O3S. The van der Waals surface area contributed by atoms with Gasteiger partial charge in [0.1, 0.15) is 0 Å². The number of aliphatic hydroxyl groups excluding tert-OH is 1. The summed E-state index contributed by atoms with van der Waals surface area (Å²) in [4.78, 5) is 2.60. The van der Waals surface area contributed by atoms with Crippen LogP contribution in [-0.4, -0.2) is 62.1 Å². The van der Waals surface area contributed by atoms with Gasteiger partial charge in [-0.05, 0) is 70.0 Å². The van der Waals surface area contributed by atoms with E-state index >= 15 is 0 Å². The van der Waals surface area contributed by atoms with Crippen LogP contribution in [0.5, 0.6) is 0 Å². The van der Waals surface area contributed by atoms with E-state index in [-0.39, 0.29) is 18.1 Å². The summed E-state index contributed by atoms with van der Waals surface area (Å²) in [5, 5.41) is 9.97. The molecule has 0 radical (unpaired) electrons. The van der Waals surface area contributed by atoms with Crippen LogP contribution in [0.2, 0.25) is 0 Å². The first-order chi connectivity index (χ1) is 11.3. The average molecular weight is 353 g/mol. The largest absolute Gasteiger partial charge is 0.396 e. The molecule has 2 heterocycles. The van der Waals surface area contributed by atoms with Crippen molar-refractivity contribution in [2.24, 2.45) is 5.41 Å². The third-order valence-corrected chi connectivity index (χ3v) is 7.95. The van der Waals surface area contributed by atoms with Gasteiger partial charge in [-0.25, -0.2) is 8.42 Å². The van der Waals surface area contributed by atoms with E-state index in [0.717, 1.165) is 36.9 Å². The molecule has 2 aliphatic heterocycles. The minimum Gasteiger partial charge on any atom is -0.396 e. The molecule has 1 N–H and O–H groups in total. The zero-order valence-electron chi connectivity index (χ0n) is 14.8. The van der Waals surface area contributed by atoms with E-state index in [2.05, 4.69) is 4.90 Å². The Labute approximate surface area is 145 Å². The van der Waals surface area contributed by atoms with Crippen molar-refractivity contribution >= 4 is 10.0 Å². The van der Waals surface area contributed by atoms with E-state index in [4.69, 9.17) is 0 Å². The highest BCUT2D eigenvalue weighted by atomic mass is 32.2. The molecular weight excluding hydrogens is 324 g/mol. The molecule has 6 heteroatoms. The third kappa shape index (κ3) is 2.90. The zero-order valence-corrected chi connectivity index (χ0v) is 15.6. The molecule has 1 aromatic carbocycles. The molecule has 0 spiro atoms. The number of nitrogens with zero attached hydrogens (tertiary/aromatic N) is 2. The maximum atomic E-state index is 13.1. The Morgan fingerprint density at radius 1 is 1.21 bits per heavy atom. The molecule has 2 aliphatic rings. The van der Waals surface area contributed by atoms with Gasteiger partial charge in [-0.2, -0.15) is 4.31 Å². The van der Waals surface area contributed by atoms with Crippen molar-refractivity contribution in [1.29, 1.82) is 0 Å². The summed E-state index contributed by atoms with van der Waals surface area (Å²) in [6.07, 6.45) is 2.77. The predicted molar refractivity (Wildman–Crippen MR) is 94.5 cm³/mol. The number of aliphatic hydroxyl groups is 1. The Balaban J connectivity index is 1.89. The molecule has 0 bridgehead atoms. The second-order valence-corrected chi connectivity index (χ2v) is 9.42. The van der Waals surface area contributed by atoms with E-state index in [1.807, 2.05) is 27.0 Å². The van der Waals surface area contributed by atoms with Crippen molar-refractivity contribution in [3.05, 3.63) is 29.3 Å². The minimum atomic E-state index is -3.49. The fourth-order valence-electron chi connectivity index (χ4n) is 4.23. The van der Waals surface area contributed by atoms with Crippen LogP contribution in [-0.2, 0) is 10.0 Å². The standard InChI is InChI=1S/C18H28N2O3S/c1-14-5-6-16(11-15(14)2)24(22,23)20-10-8-18(13-21)7-4-9-19(3)17(18)12-20/h5-6,11,17,21H,4,7-10,12-13H2,1-3H3/t17-,18-/m1/s1. The first kappa shape index (κ1) is 17.9. The fraction of sp³-hybridized carbons (Fsp3) is 0.667. The van der Waals surface area contributed by atoms with Gasteiger partial charge in [0.15, 0.2) is 0 Å². The second-order valence-electron chi connectivity index (χ2n) is 7.48. The number of fused-ring (bicyclic) bond motifs is 1. The van der Waals surface area contributed by atoms with Crippen molar-refractivity contribution in [3.8, 4) is 0 Å². The first-order valence-electron chi connectivity index (χ1n) is 8.69. The van der Waals surface area contributed by atoms with Crippen LogP contribution in [0.4, 0.5) is 0 Å². The molecule has 1 aromatic rings. The van der Waals surface area contributed by atoms with Crippen molar-refractivity contribution < 1.29 is 13.5 Å². The molecule has 2 atom stereocenters. The quantitative estimate of drug-likeness (QED) is 0.901. The molecule has 134 valence electrons. The number of benzene rings is 1. The lowest BCUT2D eigenvalue weighted by Crippen LogP contribution is -2.62. The summed E-state index contributed by atoms with van der Waals surface area (Å²) in [6, 6.07) is 5.43. The number of hydrogen-bond donors (Lipinski definition) is 1. The van der Waals surface area contributed by atoms with E-state index in [1.54, 1.807) is 16.4 Å². The SMILES string of the molecule is Cc1ccc(S(=O)(=O)N2CC[C@@]3(CO)CCCN(C)[C@@H]3C2)cc1C. The van der Waals surface area contributed by atoms with Crippen molar-refractivity contribution in [2.75, 3.05) is 33.3 Å². The molecule has 0 aromatic heterocycles. The molecule has 2 saturated heterocycles. The first-order valence-corrected chi connectivity index (χ1v) is 10.1. The fourth-order valence-corrected chi connectivity index (χ4v) is 5.76. The number of sulfonamides is 1. The van der Waals surface area contributed by atoms with Gasteiger partial charge in [-0.1, -0.05) is 6.07 Å². The summed E-state index contributed by atoms with van der Waals surface area (Å²) in [7, 11) is -1.44. The Kier molecular flexibility index (Phi) is 4.77. The van der Waals surface area contributed by atoms with Gasteiger partial charge < -0.3 is 10.0 Å². The molecule has 0 aliphatic carbocycles. The normalized spacial score (nSPS) is 29.4. The molecule has 0 saturated carbocycles. The summed E-state index contributed by atoms with van der Waals surface area (Å²) < 4.78 is 27.7. The molecule has 0 amide bonds. The van der Waals surface area contributed by atoms with E-state index in [1.165, 1.54) is 0 Å². The van der Waals surface area contributed by atoms with Crippen LogP contribution in [0, 0.1) is 19.3 Å². The van der Waals surface area contributed by atoms with Crippen LogP contribution in [0.25, 0.3) is 0 Å². The number of piperidine rings is 2. The van der Waals surface area contributed by atoms with Crippen LogP contribution < -0.4 is 0 Å². The van der Waals surface area contributed by atoms with Gasteiger partial charge in [-0.15, -0.1) is 0 Å². The average Bonchev–Trinajstić information content (AvgIpc) is 2.57. The van der Waals surface area contributed by atoms with Gasteiger partial charge >= 0.3 is 0 Å². The summed E-state index contributed by atoms with van der Waals surface area (Å²) in [5.74, 6) is 0. The number of aryl methyl sites for hydroxylation is 2. The number of likely N-dealkylation sites (tertiary alicyclic amines) is 1. The maximum Gasteiger partial charge on any atom is 0.243 e. The minimum absolute atomic E-state index is 0.0892. The van der Waals surface area contributed by atoms with Crippen molar-refractivity contribution in [3.63, 3.8) is 0 Å². The highest BCUT2D eigenvalue weighted by Crippen LogP contribution is 2.42. The molecule has 5 nitrogen and oxygen atoms in total. The van der Waals surface area contributed by atoms with Crippen LogP contribution >= 0.6 is 0 Å². The number of rotatable bonds is 3. The Morgan fingerprint density at radius 2 is 1.96 bits per heavy atom. The Bertz CT molecular complexity index is 719. The van der Waals surface area contributed by atoms with Crippen LogP contribution in [0.15, 0.2) is 23.1 Å². The van der Waals surface area contributed by atoms with Crippen LogP contribution in [0.1, 0.15) is 30.4 Å². The van der Waals surface area contributed by atoms with Gasteiger partial charge in [0.05, 0.1) is 11.5 Å². The highest BCUT2D eigenvalue weighted by molar-refractivity contribution is 7.89. The second kappa shape index (κ2) is 6.41.